The van der Waals surface area contributed by atoms with Gasteiger partial charge in [0.2, 0.25) is 0 Å². The first-order valence-electron chi connectivity index (χ1n) is 6.79. The zero-order valence-electron chi connectivity index (χ0n) is 11.8. The summed E-state index contributed by atoms with van der Waals surface area (Å²) in [5, 5.41) is 0. The standard InChI is InChI=1S/C15H15Br2F3N2/c1-2-11(16)14-21-13(15(18,19)20)12(17)9-22(14)8-10-6-4-3-5-7-10/h3-7,9,11,14H,2,8H2,1H3. The summed E-state index contributed by atoms with van der Waals surface area (Å²) in [6.07, 6.45) is -2.90. The number of rotatable bonds is 4. The number of halogens is 5. The number of hydrogen-bond donors (Lipinski definition) is 0. The van der Waals surface area contributed by atoms with Crippen LogP contribution in [0.1, 0.15) is 18.9 Å². The first-order valence-corrected chi connectivity index (χ1v) is 8.50. The predicted molar refractivity (Wildman–Crippen MR) is 89.3 cm³/mol. The van der Waals surface area contributed by atoms with E-state index in [0.29, 0.717) is 13.0 Å². The highest BCUT2D eigenvalue weighted by molar-refractivity contribution is 9.12. The van der Waals surface area contributed by atoms with E-state index in [2.05, 4.69) is 36.9 Å². The van der Waals surface area contributed by atoms with E-state index in [9.17, 15) is 13.2 Å². The van der Waals surface area contributed by atoms with Gasteiger partial charge < -0.3 is 4.90 Å². The molecule has 0 fully saturated rings. The van der Waals surface area contributed by atoms with Gasteiger partial charge in [-0.1, -0.05) is 53.2 Å². The van der Waals surface area contributed by atoms with Crippen molar-refractivity contribution in [2.24, 2.45) is 4.99 Å². The van der Waals surface area contributed by atoms with E-state index in [1.54, 1.807) is 0 Å². The van der Waals surface area contributed by atoms with Gasteiger partial charge in [0, 0.05) is 12.7 Å². The second kappa shape index (κ2) is 7.17. The van der Waals surface area contributed by atoms with Crippen LogP contribution in [-0.2, 0) is 6.54 Å². The summed E-state index contributed by atoms with van der Waals surface area (Å²) in [7, 11) is 0. The largest absolute Gasteiger partial charge is 0.434 e. The Morgan fingerprint density at radius 2 is 1.91 bits per heavy atom. The lowest BCUT2D eigenvalue weighted by Crippen LogP contribution is -2.42. The van der Waals surface area contributed by atoms with Crippen molar-refractivity contribution in [3.8, 4) is 0 Å². The molecule has 2 rings (SSSR count). The van der Waals surface area contributed by atoms with Crippen molar-refractivity contribution in [3.05, 3.63) is 46.6 Å². The molecule has 0 saturated carbocycles. The molecule has 7 heteroatoms. The molecular weight excluding hydrogens is 425 g/mol. The maximum atomic E-state index is 13.1. The Morgan fingerprint density at radius 1 is 1.27 bits per heavy atom. The van der Waals surface area contributed by atoms with Crippen LogP contribution in [0.5, 0.6) is 0 Å². The Kier molecular flexibility index (Phi) is 5.71. The number of nitrogens with zero attached hydrogens (tertiary/aromatic N) is 2. The number of allylic oxidation sites excluding steroid dienone is 1. The minimum atomic E-state index is -4.47. The van der Waals surface area contributed by atoms with E-state index < -0.39 is 18.1 Å². The van der Waals surface area contributed by atoms with E-state index in [0.717, 1.165) is 5.56 Å². The second-order valence-electron chi connectivity index (χ2n) is 4.95. The van der Waals surface area contributed by atoms with Gasteiger partial charge in [-0.25, -0.2) is 0 Å². The lowest BCUT2D eigenvalue weighted by molar-refractivity contribution is -0.0590. The van der Waals surface area contributed by atoms with E-state index in [-0.39, 0.29) is 9.31 Å². The van der Waals surface area contributed by atoms with Gasteiger partial charge in [0.15, 0.2) is 5.71 Å². The van der Waals surface area contributed by atoms with Crippen LogP contribution in [0.3, 0.4) is 0 Å². The van der Waals surface area contributed by atoms with Gasteiger partial charge in [-0.3, -0.25) is 4.99 Å². The Bertz CT molecular complexity index is 570. The monoisotopic (exact) mass is 438 g/mol. The first-order chi connectivity index (χ1) is 10.3. The van der Waals surface area contributed by atoms with Gasteiger partial charge >= 0.3 is 6.18 Å². The van der Waals surface area contributed by atoms with Crippen LogP contribution in [-0.4, -0.2) is 27.8 Å². The Labute approximate surface area is 144 Å². The summed E-state index contributed by atoms with van der Waals surface area (Å²) in [5.41, 5.74) is 0.158. The molecule has 0 saturated heterocycles. The van der Waals surface area contributed by atoms with Gasteiger partial charge in [0.25, 0.3) is 0 Å². The molecule has 0 spiro atoms. The SMILES string of the molecule is CCC(Br)C1N=C(C(F)(F)F)C(Br)=CN1Cc1ccccc1. The van der Waals surface area contributed by atoms with Gasteiger partial charge in [-0.05, 0) is 27.9 Å². The molecule has 0 N–H and O–H groups in total. The molecule has 22 heavy (non-hydrogen) atoms. The van der Waals surface area contributed by atoms with Crippen LogP contribution >= 0.6 is 31.9 Å². The average molecular weight is 440 g/mol. The molecule has 2 nitrogen and oxygen atoms in total. The molecular formula is C15H15Br2F3N2. The van der Waals surface area contributed by atoms with Crippen LogP contribution in [0.25, 0.3) is 0 Å². The molecule has 1 aliphatic rings. The summed E-state index contributed by atoms with van der Waals surface area (Å²) in [6.45, 7) is 2.41. The molecule has 0 amide bonds. The Hall–Kier alpha value is -0.820. The normalized spacial score (nSPS) is 20.5. The zero-order valence-corrected chi connectivity index (χ0v) is 15.0. The van der Waals surface area contributed by atoms with E-state index in [4.69, 9.17) is 0 Å². The minimum Gasteiger partial charge on any atom is -0.350 e. The highest BCUT2D eigenvalue weighted by Gasteiger charge is 2.41. The van der Waals surface area contributed by atoms with Crippen LogP contribution in [0.15, 0.2) is 46.0 Å². The highest BCUT2D eigenvalue weighted by atomic mass is 79.9. The maximum Gasteiger partial charge on any atom is 0.434 e. The van der Waals surface area contributed by atoms with Gasteiger partial charge in [-0.15, -0.1) is 0 Å². The number of benzene rings is 1. The summed E-state index contributed by atoms with van der Waals surface area (Å²) in [5.74, 6) is 0. The fraction of sp³-hybridized carbons (Fsp3) is 0.400. The molecule has 0 aliphatic carbocycles. The second-order valence-corrected chi connectivity index (χ2v) is 6.98. The quantitative estimate of drug-likeness (QED) is 0.585. The van der Waals surface area contributed by atoms with Crippen molar-refractivity contribution in [2.75, 3.05) is 0 Å². The molecule has 1 heterocycles. The van der Waals surface area contributed by atoms with Crippen LogP contribution in [0.4, 0.5) is 13.2 Å². The number of alkyl halides is 4. The fourth-order valence-corrected chi connectivity index (χ4v) is 3.20. The molecule has 2 unspecified atom stereocenters. The summed E-state index contributed by atoms with van der Waals surface area (Å²) in [6, 6.07) is 9.60. The van der Waals surface area contributed by atoms with Crippen molar-refractivity contribution in [3.63, 3.8) is 0 Å². The zero-order chi connectivity index (χ0) is 16.3. The van der Waals surface area contributed by atoms with Gasteiger partial charge in [0.05, 0.1) is 9.31 Å². The topological polar surface area (TPSA) is 15.6 Å². The van der Waals surface area contributed by atoms with Crippen molar-refractivity contribution in [2.45, 2.75) is 37.1 Å². The Morgan fingerprint density at radius 3 is 2.45 bits per heavy atom. The number of hydrogen-bond acceptors (Lipinski definition) is 2. The highest BCUT2D eigenvalue weighted by Crippen LogP contribution is 2.33. The van der Waals surface area contributed by atoms with E-state index in [1.807, 2.05) is 42.2 Å². The van der Waals surface area contributed by atoms with Crippen LogP contribution in [0.2, 0.25) is 0 Å². The molecule has 0 bridgehead atoms. The lowest BCUT2D eigenvalue weighted by atomic mass is 10.1. The minimum absolute atomic E-state index is 0.0389. The molecule has 1 aromatic carbocycles. The third-order valence-electron chi connectivity index (χ3n) is 3.30. The van der Waals surface area contributed by atoms with E-state index >= 15 is 0 Å². The third kappa shape index (κ3) is 4.13. The maximum absolute atomic E-state index is 13.1. The molecule has 2 atom stereocenters. The van der Waals surface area contributed by atoms with Crippen molar-refractivity contribution in [1.29, 1.82) is 0 Å². The molecule has 0 radical (unpaired) electrons. The van der Waals surface area contributed by atoms with Crippen LogP contribution in [0, 0.1) is 0 Å². The molecule has 1 aliphatic heterocycles. The summed E-state index contributed by atoms with van der Waals surface area (Å²) in [4.78, 5) is 5.59. The van der Waals surface area contributed by atoms with Crippen molar-refractivity contribution >= 4 is 37.6 Å². The first kappa shape index (κ1) is 17.5. The van der Waals surface area contributed by atoms with Crippen molar-refractivity contribution in [1.82, 2.24) is 4.90 Å². The predicted octanol–water partition coefficient (Wildman–Crippen LogP) is 5.24. The molecule has 120 valence electrons. The summed E-state index contributed by atoms with van der Waals surface area (Å²) < 4.78 is 39.1. The third-order valence-corrected chi connectivity index (χ3v) is 5.00. The Balaban J connectivity index is 2.31. The molecule has 0 aromatic heterocycles. The van der Waals surface area contributed by atoms with Gasteiger partial charge in [0.1, 0.15) is 6.17 Å². The number of aliphatic imine (C=N–C) groups is 1. The lowest BCUT2D eigenvalue weighted by Gasteiger charge is -2.35. The fourth-order valence-electron chi connectivity index (χ4n) is 2.19. The van der Waals surface area contributed by atoms with Gasteiger partial charge in [-0.2, -0.15) is 13.2 Å². The average Bonchev–Trinajstić information content (AvgIpc) is 2.46. The van der Waals surface area contributed by atoms with Crippen LogP contribution < -0.4 is 0 Å². The van der Waals surface area contributed by atoms with Crippen molar-refractivity contribution < 1.29 is 13.2 Å². The smallest absolute Gasteiger partial charge is 0.350 e. The van der Waals surface area contributed by atoms with E-state index in [1.165, 1.54) is 6.20 Å². The summed E-state index contributed by atoms with van der Waals surface area (Å²) >= 11 is 6.44. The molecule has 1 aromatic rings.